The van der Waals surface area contributed by atoms with Gasteiger partial charge >= 0.3 is 0 Å². The molecule has 1 unspecified atom stereocenters. The fourth-order valence-electron chi connectivity index (χ4n) is 4.87. The van der Waals surface area contributed by atoms with E-state index in [0.717, 1.165) is 17.8 Å². The highest BCUT2D eigenvalue weighted by Crippen LogP contribution is 2.55. The zero-order valence-corrected chi connectivity index (χ0v) is 12.4. The highest BCUT2D eigenvalue weighted by atomic mass is 35.5. The molecule has 0 spiro atoms. The Morgan fingerprint density at radius 1 is 1.26 bits per heavy atom. The summed E-state index contributed by atoms with van der Waals surface area (Å²) in [7, 11) is 1.58. The molecular formula is C14H25ClN2O2. The molecule has 0 aromatic heterocycles. The minimum Gasteiger partial charge on any atom is -0.383 e. The number of halogens is 1. The first-order valence-electron chi connectivity index (χ1n) is 7.17. The SMILES string of the molecule is COCC(N)C(=O)NC12CC3CC(CC(C3)C1)C2.Cl. The maximum Gasteiger partial charge on any atom is 0.239 e. The number of nitrogens with two attached hydrogens (primary N) is 1. The first-order valence-corrected chi connectivity index (χ1v) is 7.17. The molecule has 4 bridgehead atoms. The number of carbonyl (C=O) groups excluding carboxylic acids is 1. The molecule has 0 saturated heterocycles. The largest absolute Gasteiger partial charge is 0.383 e. The van der Waals surface area contributed by atoms with Crippen LogP contribution in [0.2, 0.25) is 0 Å². The second-order valence-electron chi connectivity index (χ2n) is 6.75. The number of hydrogen-bond acceptors (Lipinski definition) is 3. The lowest BCUT2D eigenvalue weighted by Crippen LogP contribution is -2.62. The van der Waals surface area contributed by atoms with E-state index in [4.69, 9.17) is 10.5 Å². The Kier molecular flexibility index (Phi) is 4.43. The van der Waals surface area contributed by atoms with Crippen LogP contribution in [0, 0.1) is 17.8 Å². The van der Waals surface area contributed by atoms with Crippen molar-refractivity contribution in [2.24, 2.45) is 23.5 Å². The van der Waals surface area contributed by atoms with Gasteiger partial charge < -0.3 is 15.8 Å². The zero-order chi connectivity index (χ0) is 12.8. The van der Waals surface area contributed by atoms with E-state index in [9.17, 15) is 4.79 Å². The van der Waals surface area contributed by atoms with Crippen molar-refractivity contribution in [1.29, 1.82) is 0 Å². The molecule has 4 aliphatic carbocycles. The molecule has 0 aromatic rings. The monoisotopic (exact) mass is 288 g/mol. The van der Waals surface area contributed by atoms with Crippen LogP contribution in [0.5, 0.6) is 0 Å². The third-order valence-electron chi connectivity index (χ3n) is 5.11. The van der Waals surface area contributed by atoms with Gasteiger partial charge in [0.05, 0.1) is 6.61 Å². The van der Waals surface area contributed by atoms with Gasteiger partial charge in [0.1, 0.15) is 6.04 Å². The van der Waals surface area contributed by atoms with Crippen LogP contribution in [0.4, 0.5) is 0 Å². The van der Waals surface area contributed by atoms with Gasteiger partial charge in [0.15, 0.2) is 0 Å². The quantitative estimate of drug-likeness (QED) is 0.823. The lowest BCUT2D eigenvalue weighted by molar-refractivity contribution is -0.129. The number of ether oxygens (including phenoxy) is 1. The summed E-state index contributed by atoms with van der Waals surface area (Å²) in [6, 6.07) is -0.525. The lowest BCUT2D eigenvalue weighted by atomic mass is 9.53. The molecule has 4 fully saturated rings. The fraction of sp³-hybridized carbons (Fsp3) is 0.929. The van der Waals surface area contributed by atoms with Crippen molar-refractivity contribution in [2.75, 3.05) is 13.7 Å². The normalized spacial score (nSPS) is 40.6. The number of carbonyl (C=O) groups is 1. The van der Waals surface area contributed by atoms with Gasteiger partial charge in [-0.1, -0.05) is 0 Å². The van der Waals surface area contributed by atoms with E-state index in [1.807, 2.05) is 0 Å². The van der Waals surface area contributed by atoms with Gasteiger partial charge in [0.25, 0.3) is 0 Å². The van der Waals surface area contributed by atoms with Crippen molar-refractivity contribution >= 4 is 18.3 Å². The van der Waals surface area contributed by atoms with Crippen molar-refractivity contribution in [1.82, 2.24) is 5.32 Å². The molecule has 0 aromatic carbocycles. The molecule has 4 aliphatic rings. The smallest absolute Gasteiger partial charge is 0.239 e. The summed E-state index contributed by atoms with van der Waals surface area (Å²) >= 11 is 0. The number of amides is 1. The summed E-state index contributed by atoms with van der Waals surface area (Å²) < 4.78 is 4.96. The van der Waals surface area contributed by atoms with Crippen molar-refractivity contribution in [2.45, 2.75) is 50.1 Å². The van der Waals surface area contributed by atoms with E-state index in [1.165, 1.54) is 38.5 Å². The Morgan fingerprint density at radius 3 is 2.16 bits per heavy atom. The topological polar surface area (TPSA) is 64.3 Å². The predicted octanol–water partition coefficient (Wildman–Crippen LogP) is 1.47. The van der Waals surface area contributed by atoms with E-state index in [0.29, 0.717) is 6.61 Å². The van der Waals surface area contributed by atoms with E-state index < -0.39 is 6.04 Å². The van der Waals surface area contributed by atoms with Gasteiger partial charge in [-0.3, -0.25) is 4.79 Å². The summed E-state index contributed by atoms with van der Waals surface area (Å²) in [5, 5.41) is 3.27. The van der Waals surface area contributed by atoms with Crippen LogP contribution in [0.25, 0.3) is 0 Å². The minimum absolute atomic E-state index is 0. The van der Waals surface area contributed by atoms with Crippen molar-refractivity contribution in [3.8, 4) is 0 Å². The van der Waals surface area contributed by atoms with Crippen LogP contribution in [0.15, 0.2) is 0 Å². The molecule has 4 saturated carbocycles. The van der Waals surface area contributed by atoms with E-state index in [1.54, 1.807) is 7.11 Å². The lowest BCUT2D eigenvalue weighted by Gasteiger charge is -2.57. The van der Waals surface area contributed by atoms with Gasteiger partial charge in [-0.15, -0.1) is 12.4 Å². The minimum atomic E-state index is -0.525. The number of hydrogen-bond donors (Lipinski definition) is 2. The summed E-state index contributed by atoms with van der Waals surface area (Å²) in [6.07, 6.45) is 7.68. The summed E-state index contributed by atoms with van der Waals surface area (Å²) in [5.74, 6) is 2.50. The molecule has 4 rings (SSSR count). The molecule has 5 heteroatoms. The second-order valence-corrected chi connectivity index (χ2v) is 6.75. The van der Waals surface area contributed by atoms with Crippen LogP contribution in [0.3, 0.4) is 0 Å². The van der Waals surface area contributed by atoms with Gasteiger partial charge in [-0.2, -0.15) is 0 Å². The molecule has 4 nitrogen and oxygen atoms in total. The number of nitrogens with one attached hydrogen (secondary N) is 1. The standard InChI is InChI=1S/C14H24N2O2.ClH/c1-18-8-12(15)13(17)16-14-5-9-2-10(6-14)4-11(3-9)7-14;/h9-12H,2-8,15H2,1H3,(H,16,17);1H. The Labute approximate surface area is 121 Å². The zero-order valence-electron chi connectivity index (χ0n) is 11.6. The molecule has 0 heterocycles. The Morgan fingerprint density at radius 2 is 1.74 bits per heavy atom. The van der Waals surface area contributed by atoms with Crippen molar-refractivity contribution < 1.29 is 9.53 Å². The van der Waals surface area contributed by atoms with E-state index >= 15 is 0 Å². The molecule has 1 atom stereocenters. The third-order valence-corrected chi connectivity index (χ3v) is 5.11. The average Bonchev–Trinajstić information content (AvgIpc) is 2.26. The molecule has 3 N–H and O–H groups in total. The maximum atomic E-state index is 12.1. The van der Waals surface area contributed by atoms with Gasteiger partial charge in [-0.25, -0.2) is 0 Å². The first-order chi connectivity index (χ1) is 8.60. The Hall–Kier alpha value is -0.320. The van der Waals surface area contributed by atoms with Gasteiger partial charge in [-0.05, 0) is 56.3 Å². The molecular weight excluding hydrogens is 264 g/mol. The van der Waals surface area contributed by atoms with E-state index in [-0.39, 0.29) is 23.9 Å². The van der Waals surface area contributed by atoms with Gasteiger partial charge in [0.2, 0.25) is 5.91 Å². The maximum absolute atomic E-state index is 12.1. The predicted molar refractivity (Wildman–Crippen MR) is 76.1 cm³/mol. The third kappa shape index (κ3) is 2.91. The molecule has 110 valence electrons. The highest BCUT2D eigenvalue weighted by molar-refractivity contribution is 5.85. The van der Waals surface area contributed by atoms with Crippen LogP contribution < -0.4 is 11.1 Å². The second kappa shape index (κ2) is 5.58. The first kappa shape index (κ1) is 15.1. The van der Waals surface area contributed by atoms with Crippen LogP contribution in [-0.4, -0.2) is 31.2 Å². The molecule has 19 heavy (non-hydrogen) atoms. The fourth-order valence-corrected chi connectivity index (χ4v) is 4.87. The molecule has 0 radical (unpaired) electrons. The van der Waals surface area contributed by atoms with Crippen LogP contribution in [-0.2, 0) is 9.53 Å². The van der Waals surface area contributed by atoms with Crippen molar-refractivity contribution in [3.63, 3.8) is 0 Å². The molecule has 0 aliphatic heterocycles. The van der Waals surface area contributed by atoms with Gasteiger partial charge in [0, 0.05) is 12.6 Å². The summed E-state index contributed by atoms with van der Waals surface area (Å²) in [4.78, 5) is 12.1. The van der Waals surface area contributed by atoms with Crippen LogP contribution in [0.1, 0.15) is 38.5 Å². The average molecular weight is 289 g/mol. The number of methoxy groups -OCH3 is 1. The highest BCUT2D eigenvalue weighted by Gasteiger charge is 2.51. The summed E-state index contributed by atoms with van der Waals surface area (Å²) in [6.45, 7) is 0.304. The summed E-state index contributed by atoms with van der Waals surface area (Å²) in [5.41, 5.74) is 5.89. The van der Waals surface area contributed by atoms with Crippen molar-refractivity contribution in [3.05, 3.63) is 0 Å². The number of rotatable bonds is 4. The van der Waals surface area contributed by atoms with Crippen LogP contribution >= 0.6 is 12.4 Å². The molecule has 1 amide bonds. The Bertz CT molecular complexity index is 313. The Balaban J connectivity index is 0.00000133. The van der Waals surface area contributed by atoms with E-state index in [2.05, 4.69) is 5.32 Å².